The summed E-state index contributed by atoms with van der Waals surface area (Å²) in [5, 5.41) is 24.5. The number of carboxylic acid groups (broad SMARTS) is 2. The van der Waals surface area contributed by atoms with Crippen LogP contribution in [0.15, 0.2) is 0 Å². The Morgan fingerprint density at radius 2 is 1.29 bits per heavy atom. The molecule has 0 radical (unpaired) electrons. The van der Waals surface area contributed by atoms with Crippen molar-refractivity contribution in [3.8, 4) is 0 Å². The summed E-state index contributed by atoms with van der Waals surface area (Å²) in [7, 11) is 0. The zero-order valence-electron chi connectivity index (χ0n) is 18.9. The molecule has 0 aromatic carbocycles. The first-order chi connectivity index (χ1) is 15.7. The second-order valence-corrected chi connectivity index (χ2v) is 7.71. The summed E-state index contributed by atoms with van der Waals surface area (Å²) in [5.74, 6) is -8.03. The van der Waals surface area contributed by atoms with E-state index in [2.05, 4.69) is 10.6 Å². The highest BCUT2D eigenvalue weighted by Gasteiger charge is 2.33. The van der Waals surface area contributed by atoms with Crippen LogP contribution < -0.4 is 33.2 Å². The topological polar surface area (TPSA) is 274 Å². The Balaban J connectivity index is 5.57. The number of primary amides is 2. The van der Waals surface area contributed by atoms with E-state index in [1.807, 2.05) is 5.32 Å². The van der Waals surface area contributed by atoms with Crippen LogP contribution in [0, 0.1) is 5.92 Å². The zero-order valence-corrected chi connectivity index (χ0v) is 18.9. The van der Waals surface area contributed by atoms with E-state index in [1.54, 1.807) is 13.8 Å². The Bertz CT molecular complexity index is 803. The average Bonchev–Trinajstić information content (AvgIpc) is 2.72. The number of hydrogen-bond donors (Lipinski definition) is 8. The fourth-order valence-corrected chi connectivity index (χ4v) is 2.72. The predicted octanol–water partition coefficient (Wildman–Crippen LogP) is -3.49. The molecule has 0 rings (SSSR count). The largest absolute Gasteiger partial charge is 0.481 e. The fraction of sp³-hybridized carbons (Fsp3) is 0.632. The molecule has 15 heteroatoms. The average molecular weight is 488 g/mol. The molecular weight excluding hydrogens is 456 g/mol. The molecule has 5 atom stereocenters. The van der Waals surface area contributed by atoms with Crippen molar-refractivity contribution in [1.82, 2.24) is 16.0 Å². The molecular formula is C19H32N6O9. The molecule has 5 unspecified atom stereocenters. The lowest BCUT2D eigenvalue weighted by atomic mass is 9.97. The third kappa shape index (κ3) is 11.2. The lowest BCUT2D eigenvalue weighted by Gasteiger charge is -2.27. The van der Waals surface area contributed by atoms with Crippen LogP contribution in [0.2, 0.25) is 0 Å². The van der Waals surface area contributed by atoms with Gasteiger partial charge in [0.25, 0.3) is 0 Å². The third-order valence-corrected chi connectivity index (χ3v) is 4.86. The Hall–Kier alpha value is -3.75. The number of aliphatic carboxylic acids is 2. The lowest BCUT2D eigenvalue weighted by Crippen LogP contribution is -2.59. The third-order valence-electron chi connectivity index (χ3n) is 4.86. The molecule has 0 aliphatic heterocycles. The zero-order chi connectivity index (χ0) is 26.6. The Morgan fingerprint density at radius 3 is 1.74 bits per heavy atom. The van der Waals surface area contributed by atoms with Crippen LogP contribution in [0.4, 0.5) is 0 Å². The molecule has 15 nitrogen and oxygen atoms in total. The highest BCUT2D eigenvalue weighted by Crippen LogP contribution is 2.10. The van der Waals surface area contributed by atoms with Crippen molar-refractivity contribution in [3.05, 3.63) is 0 Å². The molecule has 0 aliphatic carbocycles. The summed E-state index contributed by atoms with van der Waals surface area (Å²) in [4.78, 5) is 82.1. The number of carbonyl (C=O) groups excluding carboxylic acids is 5. The van der Waals surface area contributed by atoms with Gasteiger partial charge in [-0.05, 0) is 12.3 Å². The minimum Gasteiger partial charge on any atom is -0.481 e. The Morgan fingerprint density at radius 1 is 0.794 bits per heavy atom. The molecule has 0 spiro atoms. The van der Waals surface area contributed by atoms with Gasteiger partial charge in [0.15, 0.2) is 0 Å². The molecule has 11 N–H and O–H groups in total. The smallest absolute Gasteiger partial charge is 0.326 e. The van der Waals surface area contributed by atoms with Gasteiger partial charge >= 0.3 is 11.9 Å². The van der Waals surface area contributed by atoms with Crippen molar-refractivity contribution in [2.24, 2.45) is 23.1 Å². The van der Waals surface area contributed by atoms with Gasteiger partial charge in [-0.1, -0.05) is 20.3 Å². The van der Waals surface area contributed by atoms with E-state index in [4.69, 9.17) is 27.4 Å². The van der Waals surface area contributed by atoms with E-state index in [0.717, 1.165) is 0 Å². The number of amides is 5. The maximum Gasteiger partial charge on any atom is 0.326 e. The maximum absolute atomic E-state index is 12.9. The van der Waals surface area contributed by atoms with Crippen molar-refractivity contribution >= 4 is 41.5 Å². The van der Waals surface area contributed by atoms with E-state index >= 15 is 0 Å². The van der Waals surface area contributed by atoms with Crippen molar-refractivity contribution in [3.63, 3.8) is 0 Å². The number of nitrogens with one attached hydrogen (secondary N) is 3. The lowest BCUT2D eigenvalue weighted by molar-refractivity contribution is -0.144. The predicted molar refractivity (Wildman–Crippen MR) is 115 cm³/mol. The first-order valence-corrected chi connectivity index (χ1v) is 10.4. The van der Waals surface area contributed by atoms with Crippen molar-refractivity contribution in [2.45, 2.75) is 70.1 Å². The quantitative estimate of drug-likeness (QED) is 0.106. The van der Waals surface area contributed by atoms with Gasteiger partial charge in [-0.3, -0.25) is 28.8 Å². The van der Waals surface area contributed by atoms with Gasteiger partial charge in [0, 0.05) is 6.42 Å². The van der Waals surface area contributed by atoms with E-state index in [0.29, 0.717) is 6.42 Å². The van der Waals surface area contributed by atoms with E-state index < -0.39 is 84.4 Å². The fourth-order valence-electron chi connectivity index (χ4n) is 2.72. The minimum atomic E-state index is -1.71. The first-order valence-electron chi connectivity index (χ1n) is 10.4. The van der Waals surface area contributed by atoms with E-state index in [1.165, 1.54) is 0 Å². The van der Waals surface area contributed by atoms with Gasteiger partial charge < -0.3 is 43.4 Å². The summed E-state index contributed by atoms with van der Waals surface area (Å²) < 4.78 is 0. The molecule has 5 amide bonds. The summed E-state index contributed by atoms with van der Waals surface area (Å²) in [6.45, 7) is 3.33. The SMILES string of the molecule is CCC(C)C(NC(=O)C(N)CCC(=O)O)C(=O)NC(CC(N)=O)C(=O)NC(CC(N)=O)C(=O)O. The summed E-state index contributed by atoms with van der Waals surface area (Å²) >= 11 is 0. The molecule has 0 aromatic heterocycles. The van der Waals surface area contributed by atoms with Gasteiger partial charge in [-0.2, -0.15) is 0 Å². The summed E-state index contributed by atoms with van der Waals surface area (Å²) in [6.07, 6.45) is -1.60. The molecule has 0 bridgehead atoms. The van der Waals surface area contributed by atoms with E-state index in [9.17, 15) is 33.6 Å². The van der Waals surface area contributed by atoms with Crippen LogP contribution in [-0.2, 0) is 33.6 Å². The van der Waals surface area contributed by atoms with Crippen LogP contribution in [0.1, 0.15) is 46.0 Å². The standard InChI is InChI=1S/C19H32N6O9/c1-3-8(2)15(25-16(30)9(20)4-5-14(28)29)18(32)23-10(6-12(21)26)17(31)24-11(19(33)34)7-13(22)27/h8-11,15H,3-7,20H2,1-2H3,(H2,21,26)(H2,22,27)(H,23,32)(H,24,31)(H,25,30)(H,28,29)(H,33,34). The Kier molecular flexibility index (Phi) is 12.8. The minimum absolute atomic E-state index is 0.181. The Labute approximate surface area is 195 Å². The summed E-state index contributed by atoms with van der Waals surface area (Å²) in [6, 6.07) is -5.78. The number of carboxylic acids is 2. The highest BCUT2D eigenvalue weighted by molar-refractivity contribution is 5.96. The number of carbonyl (C=O) groups is 7. The normalized spacial score (nSPS) is 15.0. The van der Waals surface area contributed by atoms with E-state index in [-0.39, 0.29) is 12.8 Å². The van der Waals surface area contributed by atoms with Crippen molar-refractivity contribution in [2.75, 3.05) is 0 Å². The van der Waals surface area contributed by atoms with Gasteiger partial charge in [0.05, 0.1) is 18.9 Å². The van der Waals surface area contributed by atoms with Gasteiger partial charge in [0.1, 0.15) is 18.1 Å². The first kappa shape index (κ1) is 30.2. The van der Waals surface area contributed by atoms with Crippen LogP contribution in [0.25, 0.3) is 0 Å². The van der Waals surface area contributed by atoms with Crippen LogP contribution >= 0.6 is 0 Å². The van der Waals surface area contributed by atoms with Gasteiger partial charge in [0.2, 0.25) is 29.5 Å². The second kappa shape index (κ2) is 14.4. The van der Waals surface area contributed by atoms with Gasteiger partial charge in [-0.25, -0.2) is 4.79 Å². The molecule has 0 aromatic rings. The highest BCUT2D eigenvalue weighted by atomic mass is 16.4. The molecule has 0 saturated carbocycles. The second-order valence-electron chi connectivity index (χ2n) is 7.71. The van der Waals surface area contributed by atoms with Crippen LogP contribution in [0.5, 0.6) is 0 Å². The number of nitrogens with two attached hydrogens (primary N) is 3. The molecule has 0 aliphatic rings. The van der Waals surface area contributed by atoms with Crippen LogP contribution in [-0.4, -0.2) is 75.9 Å². The summed E-state index contributed by atoms with van der Waals surface area (Å²) in [5.41, 5.74) is 15.8. The number of hydrogen-bond acceptors (Lipinski definition) is 8. The van der Waals surface area contributed by atoms with Crippen molar-refractivity contribution in [1.29, 1.82) is 0 Å². The monoisotopic (exact) mass is 488 g/mol. The van der Waals surface area contributed by atoms with Crippen molar-refractivity contribution < 1.29 is 43.8 Å². The maximum atomic E-state index is 12.9. The molecule has 34 heavy (non-hydrogen) atoms. The van der Waals surface area contributed by atoms with Crippen LogP contribution in [0.3, 0.4) is 0 Å². The molecule has 192 valence electrons. The van der Waals surface area contributed by atoms with Gasteiger partial charge in [-0.15, -0.1) is 0 Å². The molecule has 0 heterocycles. The molecule has 0 fully saturated rings. The molecule has 0 saturated heterocycles. The number of rotatable bonds is 16.